The summed E-state index contributed by atoms with van der Waals surface area (Å²) in [6, 6.07) is 130. The van der Waals surface area contributed by atoms with Crippen LogP contribution in [-0.2, 0) is 21.7 Å². The van der Waals surface area contributed by atoms with Crippen molar-refractivity contribution in [1.29, 1.82) is 0 Å². The second-order valence-corrected chi connectivity index (χ2v) is 31.5. The van der Waals surface area contributed by atoms with E-state index >= 15 is 0 Å². The molecule has 0 saturated heterocycles. The van der Waals surface area contributed by atoms with Gasteiger partial charge in [0.1, 0.15) is 0 Å². The highest BCUT2D eigenvalue weighted by atomic mass is 15.2. The van der Waals surface area contributed by atoms with E-state index in [9.17, 15) is 0 Å². The van der Waals surface area contributed by atoms with Crippen LogP contribution in [-0.4, -0.2) is 0 Å². The van der Waals surface area contributed by atoms with E-state index in [1.165, 1.54) is 172 Å². The summed E-state index contributed by atoms with van der Waals surface area (Å²) >= 11 is 0. The number of anilines is 6. The van der Waals surface area contributed by atoms with Gasteiger partial charge < -0.3 is 9.80 Å². The predicted octanol–water partition coefficient (Wildman–Crippen LogP) is 28.5. The van der Waals surface area contributed by atoms with Crippen LogP contribution in [0.2, 0.25) is 0 Å². The molecule has 2 nitrogen and oxygen atoms in total. The zero-order valence-corrected chi connectivity index (χ0v) is 61.4. The van der Waals surface area contributed by atoms with Gasteiger partial charge in [0, 0.05) is 55.7 Å². The van der Waals surface area contributed by atoms with E-state index < -0.39 is 0 Å². The van der Waals surface area contributed by atoms with Crippen molar-refractivity contribution < 1.29 is 0 Å². The molecule has 20 rings (SSSR count). The summed E-state index contributed by atoms with van der Waals surface area (Å²) in [5.74, 6) is 0. The molecule has 0 heterocycles. The Morgan fingerprint density at radius 3 is 0.906 bits per heavy atom. The molecule has 4 aliphatic rings. The van der Waals surface area contributed by atoms with Crippen molar-refractivity contribution in [2.24, 2.45) is 0 Å². The molecule has 0 spiro atoms. The van der Waals surface area contributed by atoms with Crippen LogP contribution in [0, 0.1) is 0 Å². The van der Waals surface area contributed by atoms with Crippen LogP contribution < -0.4 is 9.80 Å². The minimum absolute atomic E-state index is 0.0425. The molecular weight excluding hydrogens is 1280 g/mol. The first kappa shape index (κ1) is 64.5. The van der Waals surface area contributed by atoms with Crippen molar-refractivity contribution in [3.63, 3.8) is 0 Å². The Balaban J connectivity index is 0.000000145. The molecule has 16 aromatic rings. The van der Waals surface area contributed by atoms with Crippen LogP contribution in [0.5, 0.6) is 0 Å². The maximum atomic E-state index is 2.50. The minimum atomic E-state index is -0.0995. The van der Waals surface area contributed by atoms with Gasteiger partial charge in [-0.3, -0.25) is 0 Å². The van der Waals surface area contributed by atoms with Gasteiger partial charge in [-0.2, -0.15) is 0 Å². The Bertz CT molecular complexity index is 6190. The molecule has 16 aromatic carbocycles. The first-order valence-corrected chi connectivity index (χ1v) is 37.5. The summed E-state index contributed by atoms with van der Waals surface area (Å²) in [5.41, 5.74) is 38.3. The quantitative estimate of drug-likeness (QED) is 0.135. The van der Waals surface area contributed by atoms with E-state index in [0.29, 0.717) is 0 Å². The third-order valence-electron chi connectivity index (χ3n) is 24.2. The molecule has 0 aromatic heterocycles. The average Bonchev–Trinajstić information content (AvgIpc) is 1.66. The van der Waals surface area contributed by atoms with Crippen molar-refractivity contribution in [2.45, 2.75) is 77.0 Å². The Hall–Kier alpha value is -12.4. The van der Waals surface area contributed by atoms with Crippen LogP contribution in [0.25, 0.3) is 111 Å². The molecule has 0 bridgehead atoms. The molecule has 0 atom stereocenters. The second kappa shape index (κ2) is 24.7. The standard InChI is InChI=1S/2C52H41N/c1-51(2)46-22-13-11-20-44(46)50-47(51)23-14-24-49(50)53(37-29-30-43-42-19-10-12-21-45(42)52(3,4)48(43)33-37)36-27-25-35(26-28-36)39-32-31-38(34-15-6-5-7-16-34)40-17-8-9-18-41(39)40;1-51(2)48-21-13-11-19-44(48)46-32-37(27-31-49(46)51)53(38-26-28-45-43-18-10-12-20-47(43)52(3,4)50(45)33-38)36-24-22-35(23-25-36)40-30-29-39(34-14-6-5-7-15-34)41-16-8-9-17-42(40)41/h2*5-33H,1-4H3. The highest BCUT2D eigenvalue weighted by molar-refractivity contribution is 6.07. The summed E-state index contributed by atoms with van der Waals surface area (Å²) in [7, 11) is 0. The van der Waals surface area contributed by atoms with Crippen molar-refractivity contribution >= 4 is 55.7 Å². The Labute approximate surface area is 623 Å². The summed E-state index contributed by atoms with van der Waals surface area (Å²) in [4.78, 5) is 4.95. The van der Waals surface area contributed by atoms with E-state index in [-0.39, 0.29) is 21.7 Å². The van der Waals surface area contributed by atoms with Crippen LogP contribution in [0.1, 0.15) is 99.9 Å². The van der Waals surface area contributed by atoms with Gasteiger partial charge in [0.25, 0.3) is 0 Å². The average molecular weight is 1360 g/mol. The molecule has 4 aliphatic carbocycles. The molecule has 0 aliphatic heterocycles. The first-order valence-electron chi connectivity index (χ1n) is 37.5. The molecule has 0 fully saturated rings. The topological polar surface area (TPSA) is 6.48 Å². The van der Waals surface area contributed by atoms with Crippen LogP contribution in [0.15, 0.2) is 352 Å². The lowest BCUT2D eigenvalue weighted by Crippen LogP contribution is -2.17. The summed E-state index contributed by atoms with van der Waals surface area (Å²) in [6.45, 7) is 18.9. The van der Waals surface area contributed by atoms with Crippen molar-refractivity contribution in [2.75, 3.05) is 9.80 Å². The van der Waals surface area contributed by atoms with Gasteiger partial charge in [0.2, 0.25) is 0 Å². The Kier molecular flexibility index (Phi) is 15.0. The number of hydrogen-bond donors (Lipinski definition) is 0. The fourth-order valence-corrected chi connectivity index (χ4v) is 18.7. The van der Waals surface area contributed by atoms with Gasteiger partial charge in [-0.05, 0) is 216 Å². The second-order valence-electron chi connectivity index (χ2n) is 31.5. The molecule has 106 heavy (non-hydrogen) atoms. The lowest BCUT2D eigenvalue weighted by molar-refractivity contribution is 0.660. The number of rotatable bonds is 10. The summed E-state index contributed by atoms with van der Waals surface area (Å²) in [6.07, 6.45) is 0. The number of hydrogen-bond acceptors (Lipinski definition) is 2. The third kappa shape index (κ3) is 10.1. The maximum absolute atomic E-state index is 2.50. The summed E-state index contributed by atoms with van der Waals surface area (Å²) in [5, 5.41) is 5.06. The smallest absolute Gasteiger partial charge is 0.0543 e. The first-order chi connectivity index (χ1) is 51.6. The molecule has 0 saturated carbocycles. The molecule has 0 N–H and O–H groups in total. The molecule has 2 heteroatoms. The van der Waals surface area contributed by atoms with Gasteiger partial charge in [0.05, 0.1) is 5.69 Å². The lowest BCUT2D eigenvalue weighted by Gasteiger charge is -2.30. The molecular formula is C104H82N2. The number of nitrogens with zero attached hydrogens (tertiary/aromatic N) is 2. The molecule has 508 valence electrons. The van der Waals surface area contributed by atoms with Gasteiger partial charge in [-0.25, -0.2) is 0 Å². The number of fused-ring (bicyclic) bond motifs is 14. The van der Waals surface area contributed by atoms with E-state index in [4.69, 9.17) is 0 Å². The summed E-state index contributed by atoms with van der Waals surface area (Å²) < 4.78 is 0. The predicted molar refractivity (Wildman–Crippen MR) is 449 cm³/mol. The zero-order valence-electron chi connectivity index (χ0n) is 61.4. The van der Waals surface area contributed by atoms with Gasteiger partial charge in [-0.1, -0.05) is 341 Å². The van der Waals surface area contributed by atoms with Gasteiger partial charge >= 0.3 is 0 Å². The molecule has 0 unspecified atom stereocenters. The number of benzene rings is 16. The lowest BCUT2D eigenvalue weighted by atomic mass is 9.82. The fourth-order valence-electron chi connectivity index (χ4n) is 18.7. The normalized spacial score (nSPS) is 14.3. The van der Waals surface area contributed by atoms with E-state index in [1.807, 2.05) is 0 Å². The van der Waals surface area contributed by atoms with Crippen molar-refractivity contribution in [3.05, 3.63) is 396 Å². The highest BCUT2D eigenvalue weighted by Gasteiger charge is 2.41. The van der Waals surface area contributed by atoms with Crippen molar-refractivity contribution in [3.8, 4) is 89.0 Å². The van der Waals surface area contributed by atoms with Gasteiger partial charge in [0.15, 0.2) is 0 Å². The third-order valence-corrected chi connectivity index (χ3v) is 24.2. The minimum Gasteiger partial charge on any atom is -0.310 e. The SMILES string of the molecule is CC1(C)c2ccccc2-c2cc(N(c3ccc(-c4ccc(-c5ccccc5)c5ccccc45)cc3)c3ccc4c(c3)C(C)(C)c3ccccc3-4)ccc21.CC1(C)c2ccccc2-c2ccc(N(c3ccc(-c4ccc(-c5ccccc5)c5ccccc45)cc3)c3cccc4c3-c3ccccc3C4(C)C)cc21. The monoisotopic (exact) mass is 1360 g/mol. The fraction of sp³-hybridized carbons (Fsp3) is 0.115. The maximum Gasteiger partial charge on any atom is 0.0543 e. The van der Waals surface area contributed by atoms with E-state index in [0.717, 1.165) is 17.1 Å². The van der Waals surface area contributed by atoms with Crippen LogP contribution in [0.4, 0.5) is 34.1 Å². The largest absolute Gasteiger partial charge is 0.310 e. The van der Waals surface area contributed by atoms with Crippen LogP contribution >= 0.6 is 0 Å². The van der Waals surface area contributed by atoms with Crippen molar-refractivity contribution in [1.82, 2.24) is 0 Å². The van der Waals surface area contributed by atoms with E-state index in [1.54, 1.807) is 0 Å². The van der Waals surface area contributed by atoms with Gasteiger partial charge in [-0.15, -0.1) is 0 Å². The highest BCUT2D eigenvalue weighted by Crippen LogP contribution is 2.58. The zero-order chi connectivity index (χ0) is 71.8. The van der Waals surface area contributed by atoms with E-state index in [2.05, 4.69) is 417 Å². The molecule has 0 amide bonds. The Morgan fingerprint density at radius 2 is 0.453 bits per heavy atom. The van der Waals surface area contributed by atoms with Crippen LogP contribution in [0.3, 0.4) is 0 Å². The Morgan fingerprint density at radius 1 is 0.170 bits per heavy atom. The molecule has 0 radical (unpaired) electrons.